The smallest absolute Gasteiger partial charge is 0.324 e. The van der Waals surface area contributed by atoms with Crippen LogP contribution in [-0.4, -0.2) is 51.9 Å². The van der Waals surface area contributed by atoms with Crippen LogP contribution in [-0.2, 0) is 4.79 Å². The molecule has 0 unspecified atom stereocenters. The van der Waals surface area contributed by atoms with Gasteiger partial charge in [0.25, 0.3) is 0 Å². The Balaban J connectivity index is 1.76. The number of likely N-dealkylation sites (tertiary alicyclic amines) is 1. The van der Waals surface area contributed by atoms with Gasteiger partial charge in [-0.25, -0.2) is 9.78 Å². The fourth-order valence-corrected chi connectivity index (χ4v) is 4.73. The van der Waals surface area contributed by atoms with Crippen LogP contribution in [0.25, 0.3) is 0 Å². The number of thiazole rings is 1. The largest absolute Gasteiger partial charge is 0.341 e. The van der Waals surface area contributed by atoms with Gasteiger partial charge in [-0.05, 0) is 25.7 Å². The van der Waals surface area contributed by atoms with Gasteiger partial charge in [-0.15, -0.1) is 0 Å². The summed E-state index contributed by atoms with van der Waals surface area (Å²) in [4.78, 5) is 32.8. The number of anilines is 1. The number of carbonyl (C=O) groups is 2. The molecule has 25 heavy (non-hydrogen) atoms. The molecule has 0 bridgehead atoms. The van der Waals surface area contributed by atoms with Crippen LogP contribution in [0.1, 0.15) is 51.9 Å². The van der Waals surface area contributed by atoms with Crippen molar-refractivity contribution in [3.8, 4) is 0 Å². The van der Waals surface area contributed by atoms with Crippen molar-refractivity contribution in [2.75, 3.05) is 18.4 Å². The lowest BCUT2D eigenvalue weighted by atomic mass is 9.92. The fourth-order valence-electron chi connectivity index (χ4n) is 3.93. The monoisotopic (exact) mass is 384 g/mol. The molecule has 1 aliphatic heterocycles. The van der Waals surface area contributed by atoms with Crippen molar-refractivity contribution in [2.45, 2.75) is 64.0 Å². The van der Waals surface area contributed by atoms with Crippen molar-refractivity contribution < 1.29 is 9.59 Å². The quantitative estimate of drug-likeness (QED) is 0.857. The van der Waals surface area contributed by atoms with Gasteiger partial charge >= 0.3 is 6.03 Å². The Hall–Kier alpha value is -1.34. The van der Waals surface area contributed by atoms with Gasteiger partial charge in [-0.2, -0.15) is 0 Å². The lowest BCUT2D eigenvalue weighted by molar-refractivity contribution is -0.130. The van der Waals surface area contributed by atoms with E-state index in [1.54, 1.807) is 13.1 Å². The molecule has 2 heterocycles. The topological polar surface area (TPSA) is 65.5 Å². The highest BCUT2D eigenvalue weighted by Gasteiger charge is 2.35. The maximum Gasteiger partial charge on any atom is 0.324 e. The summed E-state index contributed by atoms with van der Waals surface area (Å²) in [7, 11) is 0. The van der Waals surface area contributed by atoms with E-state index in [0.717, 1.165) is 45.1 Å². The van der Waals surface area contributed by atoms with E-state index in [-0.39, 0.29) is 24.0 Å². The van der Waals surface area contributed by atoms with Crippen molar-refractivity contribution >= 4 is 40.0 Å². The second-order valence-electron chi connectivity index (χ2n) is 6.86. The van der Waals surface area contributed by atoms with Crippen LogP contribution in [0, 0.1) is 0 Å². The lowest BCUT2D eigenvalue weighted by Crippen LogP contribution is -2.56. The van der Waals surface area contributed by atoms with Crippen molar-refractivity contribution in [2.24, 2.45) is 0 Å². The molecule has 1 aromatic rings. The number of hydrogen-bond donors (Lipinski definition) is 1. The highest BCUT2D eigenvalue weighted by molar-refractivity contribution is 7.19. The molecule has 0 spiro atoms. The summed E-state index contributed by atoms with van der Waals surface area (Å²) in [6.07, 6.45) is 9.02. The predicted octanol–water partition coefficient (Wildman–Crippen LogP) is 3.97. The Morgan fingerprint density at radius 3 is 2.60 bits per heavy atom. The molecule has 138 valence electrons. The van der Waals surface area contributed by atoms with Gasteiger partial charge in [0.05, 0.1) is 12.2 Å². The second-order valence-corrected chi connectivity index (χ2v) is 8.52. The first-order valence-electron chi connectivity index (χ1n) is 9.01. The fraction of sp³-hybridized carbons (Fsp3) is 0.706. The minimum absolute atomic E-state index is 0.0659. The molecule has 2 fully saturated rings. The normalized spacial score (nSPS) is 21.8. The predicted molar refractivity (Wildman–Crippen MR) is 100 cm³/mol. The van der Waals surface area contributed by atoms with Crippen molar-refractivity contribution in [3.63, 3.8) is 0 Å². The van der Waals surface area contributed by atoms with Gasteiger partial charge < -0.3 is 9.80 Å². The zero-order valence-corrected chi connectivity index (χ0v) is 16.1. The minimum Gasteiger partial charge on any atom is -0.341 e. The number of nitrogens with one attached hydrogen (secondary N) is 1. The van der Waals surface area contributed by atoms with Gasteiger partial charge in [0.2, 0.25) is 5.91 Å². The average Bonchev–Trinajstić information content (AvgIpc) is 3.01. The van der Waals surface area contributed by atoms with Crippen molar-refractivity contribution in [1.82, 2.24) is 14.8 Å². The van der Waals surface area contributed by atoms with Gasteiger partial charge in [-0.3, -0.25) is 10.1 Å². The number of rotatable bonds is 3. The zero-order valence-electron chi connectivity index (χ0n) is 14.5. The van der Waals surface area contributed by atoms with Gasteiger partial charge in [-0.1, -0.05) is 42.2 Å². The number of amides is 3. The Kier molecular flexibility index (Phi) is 6.17. The third-order valence-corrected chi connectivity index (χ3v) is 6.16. The molecule has 1 saturated carbocycles. The molecule has 0 aromatic carbocycles. The Bertz CT molecular complexity index is 618. The number of hydrogen-bond acceptors (Lipinski definition) is 4. The third-order valence-electron chi connectivity index (χ3n) is 5.13. The second kappa shape index (κ2) is 8.36. The molecule has 0 radical (unpaired) electrons. The molecule has 1 atom stereocenters. The molecule has 1 aliphatic carbocycles. The highest BCUT2D eigenvalue weighted by Crippen LogP contribution is 2.29. The van der Waals surface area contributed by atoms with E-state index in [9.17, 15) is 9.59 Å². The standard InChI is InChI=1S/C17H25ClN4O2S/c1-12(23)21-9-5-8-14(11-21)22(13-6-3-2-4-7-13)17(24)20-16-19-10-15(18)25-16/h10,13-14H,2-9,11H2,1H3,(H,19,20,24)/t14-/m0/s1. The number of nitrogens with zero attached hydrogens (tertiary/aromatic N) is 3. The van der Waals surface area contributed by atoms with Gasteiger partial charge in [0, 0.05) is 26.1 Å². The molecule has 3 amide bonds. The summed E-state index contributed by atoms with van der Waals surface area (Å²) in [6.45, 7) is 3.01. The van der Waals surface area contributed by atoms with Gasteiger partial charge in [0.1, 0.15) is 4.34 Å². The summed E-state index contributed by atoms with van der Waals surface area (Å²) < 4.78 is 0.555. The van der Waals surface area contributed by atoms with Crippen LogP contribution in [0.5, 0.6) is 0 Å². The Labute approximate surface area is 157 Å². The summed E-state index contributed by atoms with van der Waals surface area (Å²) in [5.74, 6) is 0.0837. The summed E-state index contributed by atoms with van der Waals surface area (Å²) in [5, 5.41) is 3.43. The number of carbonyl (C=O) groups excluding carboxylic acids is 2. The summed E-state index contributed by atoms with van der Waals surface area (Å²) in [5.41, 5.74) is 0. The molecule has 6 nitrogen and oxygen atoms in total. The molecule has 2 aliphatic rings. The SMILES string of the molecule is CC(=O)N1CCC[C@H](N(C(=O)Nc2ncc(Cl)s2)C2CCCCC2)C1. The molecular weight excluding hydrogens is 360 g/mol. The maximum absolute atomic E-state index is 13.0. The number of halogens is 1. The average molecular weight is 385 g/mol. The van der Waals surface area contributed by atoms with E-state index < -0.39 is 0 Å². The van der Waals surface area contributed by atoms with Crippen LogP contribution in [0.15, 0.2) is 6.20 Å². The van der Waals surface area contributed by atoms with Crippen LogP contribution in [0.3, 0.4) is 0 Å². The van der Waals surface area contributed by atoms with Crippen LogP contribution < -0.4 is 5.32 Å². The van der Waals surface area contributed by atoms with E-state index in [4.69, 9.17) is 11.6 Å². The Morgan fingerprint density at radius 1 is 1.24 bits per heavy atom. The number of aromatic nitrogens is 1. The Morgan fingerprint density at radius 2 is 1.96 bits per heavy atom. The molecule has 1 aromatic heterocycles. The van der Waals surface area contributed by atoms with E-state index >= 15 is 0 Å². The van der Waals surface area contributed by atoms with Crippen molar-refractivity contribution in [1.29, 1.82) is 0 Å². The zero-order chi connectivity index (χ0) is 17.8. The molecular formula is C17H25ClN4O2S. The van der Waals surface area contributed by atoms with E-state index in [2.05, 4.69) is 10.3 Å². The van der Waals surface area contributed by atoms with Crippen LogP contribution in [0.4, 0.5) is 9.93 Å². The summed E-state index contributed by atoms with van der Waals surface area (Å²) >= 11 is 7.19. The van der Waals surface area contributed by atoms with Crippen LogP contribution in [0.2, 0.25) is 4.34 Å². The molecule has 8 heteroatoms. The first-order valence-corrected chi connectivity index (χ1v) is 10.2. The number of piperidine rings is 1. The first-order chi connectivity index (χ1) is 12.0. The summed E-state index contributed by atoms with van der Waals surface area (Å²) in [6, 6.07) is 0.186. The minimum atomic E-state index is -0.117. The highest BCUT2D eigenvalue weighted by atomic mass is 35.5. The van der Waals surface area contributed by atoms with E-state index in [0.29, 0.717) is 16.0 Å². The molecule has 1 N–H and O–H groups in total. The van der Waals surface area contributed by atoms with E-state index in [1.165, 1.54) is 17.8 Å². The molecule has 1 saturated heterocycles. The lowest BCUT2D eigenvalue weighted by Gasteiger charge is -2.43. The third kappa shape index (κ3) is 4.64. The molecule has 3 rings (SSSR count). The van der Waals surface area contributed by atoms with E-state index in [1.807, 2.05) is 9.80 Å². The maximum atomic E-state index is 13.0. The first kappa shape index (κ1) is 18.5. The van der Waals surface area contributed by atoms with Crippen molar-refractivity contribution in [3.05, 3.63) is 10.5 Å². The van der Waals surface area contributed by atoms with Crippen LogP contribution >= 0.6 is 22.9 Å². The number of urea groups is 1. The van der Waals surface area contributed by atoms with Gasteiger partial charge in [0.15, 0.2) is 5.13 Å².